The number of rotatable bonds is 3. The van der Waals surface area contributed by atoms with E-state index in [1.54, 1.807) is 32.0 Å². The molecule has 0 radical (unpaired) electrons. The predicted octanol–water partition coefficient (Wildman–Crippen LogP) is 3.21. The normalized spacial score (nSPS) is 13.9. The molecule has 0 heterocycles. The summed E-state index contributed by atoms with van der Waals surface area (Å²) in [5.74, 6) is 0. The molecule has 1 aromatic rings. The van der Waals surface area contributed by atoms with Gasteiger partial charge in [-0.2, -0.15) is 13.2 Å². The first-order valence-corrected chi connectivity index (χ1v) is 4.82. The maximum atomic E-state index is 12.7. The highest BCUT2D eigenvalue weighted by Crippen LogP contribution is 2.33. The highest BCUT2D eigenvalue weighted by atomic mass is 19.4. The quantitative estimate of drug-likeness (QED) is 0.819. The van der Waals surface area contributed by atoms with Gasteiger partial charge in [-0.15, -0.1) is 0 Å². The van der Waals surface area contributed by atoms with Crippen LogP contribution in [0.25, 0.3) is 0 Å². The van der Waals surface area contributed by atoms with Crippen molar-refractivity contribution in [2.24, 2.45) is 0 Å². The third kappa shape index (κ3) is 2.96. The van der Waals surface area contributed by atoms with Crippen LogP contribution in [0.1, 0.15) is 24.1 Å². The van der Waals surface area contributed by atoms with E-state index in [9.17, 15) is 13.2 Å². The number of hydrogen-bond acceptors (Lipinski definition) is 1. The zero-order chi connectivity index (χ0) is 11.5. The Labute approximate surface area is 87.3 Å². The number of nitrogens with one attached hydrogen (secondary N) is 1. The minimum atomic E-state index is -4.25. The van der Waals surface area contributed by atoms with Gasteiger partial charge in [0.2, 0.25) is 0 Å². The molecule has 1 nitrogen and oxygen atoms in total. The molecule has 1 N–H and O–H groups in total. The summed E-state index contributed by atoms with van der Waals surface area (Å²) in [5.41, 5.74) is 0.952. The van der Waals surface area contributed by atoms with Crippen LogP contribution in [0.5, 0.6) is 0 Å². The zero-order valence-electron chi connectivity index (χ0n) is 8.73. The Balaban J connectivity index is 3.05. The number of hydrogen-bond donors (Lipinski definition) is 1. The molecular formula is C11H14F3N. The van der Waals surface area contributed by atoms with Crippen molar-refractivity contribution < 1.29 is 13.2 Å². The van der Waals surface area contributed by atoms with Gasteiger partial charge in [0.1, 0.15) is 6.04 Å². The van der Waals surface area contributed by atoms with E-state index in [2.05, 4.69) is 5.32 Å². The van der Waals surface area contributed by atoms with Gasteiger partial charge in [-0.3, -0.25) is 0 Å². The molecule has 0 aliphatic rings. The molecule has 4 heteroatoms. The fourth-order valence-corrected chi connectivity index (χ4v) is 1.52. The molecule has 0 fully saturated rings. The van der Waals surface area contributed by atoms with Gasteiger partial charge in [-0.05, 0) is 24.6 Å². The minimum Gasteiger partial charge on any atom is -0.303 e. The number of benzene rings is 1. The van der Waals surface area contributed by atoms with Gasteiger partial charge in [0.15, 0.2) is 0 Å². The van der Waals surface area contributed by atoms with Gasteiger partial charge in [0.05, 0.1) is 0 Å². The van der Waals surface area contributed by atoms with Crippen molar-refractivity contribution >= 4 is 0 Å². The number of aryl methyl sites for hydroxylation is 1. The highest BCUT2D eigenvalue weighted by Gasteiger charge is 2.40. The lowest BCUT2D eigenvalue weighted by atomic mass is 10.0. The second kappa shape index (κ2) is 4.66. The molecule has 0 aliphatic heterocycles. The van der Waals surface area contributed by atoms with Gasteiger partial charge in [-0.25, -0.2) is 0 Å². The maximum absolute atomic E-state index is 12.7. The Morgan fingerprint density at radius 1 is 1.27 bits per heavy atom. The molecule has 1 atom stereocenters. The van der Waals surface area contributed by atoms with Crippen LogP contribution in [-0.2, 0) is 0 Å². The molecule has 84 valence electrons. The number of halogens is 3. The topological polar surface area (TPSA) is 12.0 Å². The smallest absolute Gasteiger partial charge is 0.303 e. The molecule has 1 unspecified atom stereocenters. The van der Waals surface area contributed by atoms with Crippen molar-refractivity contribution in [3.05, 3.63) is 35.4 Å². The van der Waals surface area contributed by atoms with Gasteiger partial charge < -0.3 is 5.32 Å². The van der Waals surface area contributed by atoms with Crippen LogP contribution < -0.4 is 5.32 Å². The molecule has 0 aliphatic carbocycles. The summed E-state index contributed by atoms with van der Waals surface area (Å²) in [6.07, 6.45) is -4.25. The van der Waals surface area contributed by atoms with Crippen LogP contribution in [0.3, 0.4) is 0 Å². The van der Waals surface area contributed by atoms with Gasteiger partial charge in [0.25, 0.3) is 0 Å². The largest absolute Gasteiger partial charge is 0.407 e. The minimum absolute atomic E-state index is 0.290. The Hall–Kier alpha value is -1.03. The van der Waals surface area contributed by atoms with Crippen molar-refractivity contribution in [2.45, 2.75) is 26.1 Å². The second-order valence-corrected chi connectivity index (χ2v) is 3.39. The van der Waals surface area contributed by atoms with Gasteiger partial charge in [0, 0.05) is 0 Å². The molecule has 0 saturated carbocycles. The SMILES string of the molecule is CCNC(c1ccccc1C)C(F)(F)F. The van der Waals surface area contributed by atoms with Crippen LogP contribution in [0.2, 0.25) is 0 Å². The average Bonchev–Trinajstić information content (AvgIpc) is 2.14. The summed E-state index contributed by atoms with van der Waals surface area (Å²) >= 11 is 0. The first-order chi connectivity index (χ1) is 6.96. The lowest BCUT2D eigenvalue weighted by Gasteiger charge is -2.22. The Kier molecular flexibility index (Phi) is 3.74. The fraction of sp³-hybridized carbons (Fsp3) is 0.455. The van der Waals surface area contributed by atoms with E-state index in [-0.39, 0.29) is 0 Å². The second-order valence-electron chi connectivity index (χ2n) is 3.39. The lowest BCUT2D eigenvalue weighted by Crippen LogP contribution is -2.34. The Bertz CT molecular complexity index is 320. The first-order valence-electron chi connectivity index (χ1n) is 4.82. The monoisotopic (exact) mass is 217 g/mol. The van der Waals surface area contributed by atoms with Crippen molar-refractivity contribution in [1.82, 2.24) is 5.32 Å². The highest BCUT2D eigenvalue weighted by molar-refractivity contribution is 5.29. The van der Waals surface area contributed by atoms with Crippen LogP contribution in [0, 0.1) is 6.92 Å². The summed E-state index contributed by atoms with van der Waals surface area (Å²) in [6.45, 7) is 3.64. The summed E-state index contributed by atoms with van der Waals surface area (Å²) in [7, 11) is 0. The van der Waals surface area contributed by atoms with Crippen LogP contribution in [0.15, 0.2) is 24.3 Å². The molecule has 0 bridgehead atoms. The number of alkyl halides is 3. The average molecular weight is 217 g/mol. The van der Waals surface area contributed by atoms with E-state index in [4.69, 9.17) is 0 Å². The standard InChI is InChI=1S/C11H14F3N/c1-3-15-10(11(12,13)14)9-7-5-4-6-8(9)2/h4-7,10,15H,3H2,1-2H3. The predicted molar refractivity (Wildman–Crippen MR) is 53.7 cm³/mol. The molecule has 1 aromatic carbocycles. The van der Waals surface area contributed by atoms with E-state index < -0.39 is 12.2 Å². The molecule has 0 aromatic heterocycles. The van der Waals surface area contributed by atoms with Crippen molar-refractivity contribution in [3.8, 4) is 0 Å². The Morgan fingerprint density at radius 3 is 2.33 bits per heavy atom. The summed E-state index contributed by atoms with van der Waals surface area (Å²) < 4.78 is 38.1. The van der Waals surface area contributed by atoms with Crippen molar-refractivity contribution in [3.63, 3.8) is 0 Å². The van der Waals surface area contributed by atoms with E-state index in [0.29, 0.717) is 17.7 Å². The van der Waals surface area contributed by atoms with E-state index in [1.807, 2.05) is 0 Å². The fourth-order valence-electron chi connectivity index (χ4n) is 1.52. The molecule has 0 spiro atoms. The van der Waals surface area contributed by atoms with Crippen LogP contribution >= 0.6 is 0 Å². The summed E-state index contributed by atoms with van der Waals surface area (Å²) in [4.78, 5) is 0. The maximum Gasteiger partial charge on any atom is 0.407 e. The Morgan fingerprint density at radius 2 is 1.87 bits per heavy atom. The molecular weight excluding hydrogens is 203 g/mol. The van der Waals surface area contributed by atoms with Crippen molar-refractivity contribution in [2.75, 3.05) is 6.54 Å². The van der Waals surface area contributed by atoms with Gasteiger partial charge >= 0.3 is 6.18 Å². The summed E-state index contributed by atoms with van der Waals surface area (Å²) in [5, 5.41) is 2.45. The molecule has 0 saturated heterocycles. The van der Waals surface area contributed by atoms with E-state index in [0.717, 1.165) is 0 Å². The first kappa shape index (κ1) is 12.0. The molecule has 0 amide bonds. The van der Waals surface area contributed by atoms with Gasteiger partial charge in [-0.1, -0.05) is 31.2 Å². The lowest BCUT2D eigenvalue weighted by molar-refractivity contribution is -0.157. The third-order valence-electron chi connectivity index (χ3n) is 2.24. The summed E-state index contributed by atoms with van der Waals surface area (Å²) in [6, 6.07) is 4.99. The zero-order valence-corrected chi connectivity index (χ0v) is 8.73. The van der Waals surface area contributed by atoms with E-state index >= 15 is 0 Å². The molecule has 15 heavy (non-hydrogen) atoms. The van der Waals surface area contributed by atoms with Crippen LogP contribution in [-0.4, -0.2) is 12.7 Å². The van der Waals surface area contributed by atoms with Crippen LogP contribution in [0.4, 0.5) is 13.2 Å². The van der Waals surface area contributed by atoms with Crippen molar-refractivity contribution in [1.29, 1.82) is 0 Å². The van der Waals surface area contributed by atoms with E-state index in [1.165, 1.54) is 6.07 Å². The molecule has 1 rings (SSSR count). The third-order valence-corrected chi connectivity index (χ3v) is 2.24.